The normalized spacial score (nSPS) is 11.2. The van der Waals surface area contributed by atoms with Crippen LogP contribution >= 0.6 is 0 Å². The van der Waals surface area contributed by atoms with Gasteiger partial charge in [0.2, 0.25) is 0 Å². The number of ether oxygens (including phenoxy) is 1. The van der Waals surface area contributed by atoms with Gasteiger partial charge in [-0.1, -0.05) is 0 Å². The predicted octanol–water partition coefficient (Wildman–Crippen LogP) is 0.518. The summed E-state index contributed by atoms with van der Waals surface area (Å²) in [5.41, 5.74) is 0.378. The Morgan fingerprint density at radius 3 is 2.33 bits per heavy atom. The lowest BCUT2D eigenvalue weighted by Gasteiger charge is -2.05. The second-order valence-corrected chi connectivity index (χ2v) is 5.17. The zero-order chi connectivity index (χ0) is 13.6. The van der Waals surface area contributed by atoms with Gasteiger partial charge in [0.25, 0.3) is 10.1 Å². The van der Waals surface area contributed by atoms with E-state index in [2.05, 4.69) is 0 Å². The molecular formula is C11H14O6S. The molecule has 0 saturated heterocycles. The summed E-state index contributed by atoms with van der Waals surface area (Å²) in [5, 5.41) is 8.65. The average Bonchev–Trinajstić information content (AvgIpc) is 2.33. The third-order valence-electron chi connectivity index (χ3n) is 2.14. The van der Waals surface area contributed by atoms with Crippen LogP contribution in [-0.2, 0) is 10.1 Å². The molecule has 100 valence electrons. The van der Waals surface area contributed by atoms with E-state index < -0.39 is 16.7 Å². The molecule has 2 N–H and O–H groups in total. The van der Waals surface area contributed by atoms with Crippen molar-refractivity contribution >= 4 is 15.9 Å². The van der Waals surface area contributed by atoms with E-state index in [-0.39, 0.29) is 24.6 Å². The molecular weight excluding hydrogens is 260 g/mol. The number of hydrogen-bond donors (Lipinski definition) is 2. The van der Waals surface area contributed by atoms with E-state index in [1.807, 2.05) is 0 Å². The van der Waals surface area contributed by atoms with Crippen LogP contribution in [0.4, 0.5) is 0 Å². The highest BCUT2D eigenvalue weighted by Gasteiger charge is 2.05. The number of aliphatic hydroxyl groups is 1. The molecule has 0 atom stereocenters. The molecule has 0 heterocycles. The topological polar surface area (TPSA) is 101 Å². The third-order valence-corrected chi connectivity index (χ3v) is 2.94. The number of carbonyl (C=O) groups is 1. The van der Waals surface area contributed by atoms with Crippen molar-refractivity contribution < 1.29 is 27.6 Å². The van der Waals surface area contributed by atoms with E-state index >= 15 is 0 Å². The second-order valence-electron chi connectivity index (χ2n) is 3.59. The summed E-state index contributed by atoms with van der Waals surface area (Å²) >= 11 is 0. The molecule has 0 aromatic heterocycles. The van der Waals surface area contributed by atoms with Crippen LogP contribution in [-0.4, -0.2) is 42.8 Å². The first-order valence-electron chi connectivity index (χ1n) is 5.24. The first-order valence-corrected chi connectivity index (χ1v) is 6.85. The predicted molar refractivity (Wildman–Crippen MR) is 64.4 cm³/mol. The van der Waals surface area contributed by atoms with Gasteiger partial charge >= 0.3 is 0 Å². The Morgan fingerprint density at radius 1 is 1.22 bits per heavy atom. The Labute approximate surface area is 105 Å². The zero-order valence-electron chi connectivity index (χ0n) is 9.57. The zero-order valence-corrected chi connectivity index (χ0v) is 10.4. The molecule has 0 spiro atoms. The van der Waals surface area contributed by atoms with Crippen molar-refractivity contribution in [1.29, 1.82) is 0 Å². The Hall–Kier alpha value is -1.44. The van der Waals surface area contributed by atoms with E-state index in [1.165, 1.54) is 12.1 Å². The number of benzene rings is 1. The fraction of sp³-hybridized carbons (Fsp3) is 0.364. The second kappa shape index (κ2) is 6.48. The molecule has 0 aliphatic heterocycles. The van der Waals surface area contributed by atoms with Gasteiger partial charge in [0.1, 0.15) is 12.4 Å². The minimum atomic E-state index is -3.95. The van der Waals surface area contributed by atoms with Crippen molar-refractivity contribution in [2.75, 3.05) is 19.0 Å². The quantitative estimate of drug-likeness (QED) is 0.427. The van der Waals surface area contributed by atoms with E-state index in [1.54, 1.807) is 12.1 Å². The van der Waals surface area contributed by atoms with Crippen molar-refractivity contribution in [3.8, 4) is 5.75 Å². The first-order chi connectivity index (χ1) is 8.42. The molecule has 1 aromatic rings. The van der Waals surface area contributed by atoms with Crippen LogP contribution < -0.4 is 4.74 Å². The molecule has 0 unspecified atom stereocenters. The van der Waals surface area contributed by atoms with Crippen molar-refractivity contribution in [1.82, 2.24) is 0 Å². The van der Waals surface area contributed by atoms with Gasteiger partial charge in [-0.2, -0.15) is 8.42 Å². The molecule has 0 fully saturated rings. The highest BCUT2D eigenvalue weighted by atomic mass is 32.2. The molecule has 0 amide bonds. The van der Waals surface area contributed by atoms with Gasteiger partial charge in [0, 0.05) is 5.56 Å². The molecule has 0 aliphatic rings. The van der Waals surface area contributed by atoms with Crippen LogP contribution in [0.15, 0.2) is 24.3 Å². The van der Waals surface area contributed by atoms with Crippen molar-refractivity contribution in [2.45, 2.75) is 6.42 Å². The van der Waals surface area contributed by atoms with Gasteiger partial charge in [0.15, 0.2) is 5.78 Å². The van der Waals surface area contributed by atoms with E-state index in [0.29, 0.717) is 11.3 Å². The third kappa shape index (κ3) is 5.26. The molecule has 1 rings (SSSR count). The maximum Gasteiger partial charge on any atom is 0.264 e. The number of Topliss-reactive ketones (excluding diaryl/α,β-unsaturated/α-hetero) is 1. The van der Waals surface area contributed by atoms with Gasteiger partial charge in [-0.3, -0.25) is 9.35 Å². The number of ketones is 1. The fourth-order valence-corrected chi connectivity index (χ4v) is 1.74. The average molecular weight is 274 g/mol. The van der Waals surface area contributed by atoms with Gasteiger partial charge in [-0.05, 0) is 30.7 Å². The lowest BCUT2D eigenvalue weighted by Crippen LogP contribution is -2.08. The van der Waals surface area contributed by atoms with Crippen LogP contribution in [0.1, 0.15) is 16.8 Å². The van der Waals surface area contributed by atoms with Crippen LogP contribution in [0, 0.1) is 0 Å². The van der Waals surface area contributed by atoms with Crippen LogP contribution in [0.2, 0.25) is 0 Å². The minimum Gasteiger partial charge on any atom is -0.494 e. The number of carbonyl (C=O) groups excluding carboxylic acids is 1. The smallest absolute Gasteiger partial charge is 0.264 e. The van der Waals surface area contributed by atoms with Gasteiger partial charge in [0.05, 0.1) is 12.4 Å². The number of rotatable bonds is 7. The summed E-state index contributed by atoms with van der Waals surface area (Å²) in [6.07, 6.45) is 0.177. The van der Waals surface area contributed by atoms with Crippen molar-refractivity contribution in [2.24, 2.45) is 0 Å². The summed E-state index contributed by atoms with van der Waals surface area (Å²) in [4.78, 5) is 11.1. The van der Waals surface area contributed by atoms with Gasteiger partial charge in [-0.15, -0.1) is 0 Å². The van der Waals surface area contributed by atoms with Crippen molar-refractivity contribution in [3.63, 3.8) is 0 Å². The number of aliphatic hydroxyl groups excluding tert-OH is 1. The molecule has 18 heavy (non-hydrogen) atoms. The van der Waals surface area contributed by atoms with Gasteiger partial charge < -0.3 is 9.84 Å². The minimum absolute atomic E-state index is 0.146. The van der Waals surface area contributed by atoms with E-state index in [9.17, 15) is 13.2 Å². The molecule has 1 aromatic carbocycles. The molecule has 0 radical (unpaired) electrons. The lowest BCUT2D eigenvalue weighted by atomic mass is 10.1. The summed E-state index contributed by atoms with van der Waals surface area (Å²) in [6, 6.07) is 6.13. The molecule has 0 aliphatic carbocycles. The summed E-state index contributed by atoms with van der Waals surface area (Å²) in [7, 11) is -3.95. The Balaban J connectivity index is 2.42. The SMILES string of the molecule is O=C(CO)c1ccc(OCCCS(=O)(=O)O)cc1. The Kier molecular flexibility index (Phi) is 5.26. The first kappa shape index (κ1) is 14.6. The fourth-order valence-electron chi connectivity index (χ4n) is 1.26. The van der Waals surface area contributed by atoms with Crippen LogP contribution in [0.5, 0.6) is 5.75 Å². The van der Waals surface area contributed by atoms with E-state index in [4.69, 9.17) is 14.4 Å². The largest absolute Gasteiger partial charge is 0.494 e. The summed E-state index contributed by atoms with van der Waals surface area (Å²) in [6.45, 7) is -0.401. The summed E-state index contributed by atoms with van der Waals surface area (Å²) < 4.78 is 34.6. The van der Waals surface area contributed by atoms with Gasteiger partial charge in [-0.25, -0.2) is 0 Å². The summed E-state index contributed by atoms with van der Waals surface area (Å²) in [5.74, 6) is -0.249. The maximum atomic E-state index is 11.1. The van der Waals surface area contributed by atoms with Crippen molar-refractivity contribution in [3.05, 3.63) is 29.8 Å². The Morgan fingerprint density at radius 2 is 1.83 bits per heavy atom. The number of hydrogen-bond acceptors (Lipinski definition) is 5. The molecule has 0 saturated carbocycles. The molecule has 0 bridgehead atoms. The monoisotopic (exact) mass is 274 g/mol. The molecule has 6 nitrogen and oxygen atoms in total. The lowest BCUT2D eigenvalue weighted by molar-refractivity contribution is 0.0903. The highest BCUT2D eigenvalue weighted by Crippen LogP contribution is 2.12. The standard InChI is InChI=1S/C11H14O6S/c12-8-11(13)9-2-4-10(5-3-9)17-6-1-7-18(14,15)16/h2-5,12H,1,6-8H2,(H,14,15,16). The maximum absolute atomic E-state index is 11.1. The molecule has 7 heteroatoms. The van der Waals surface area contributed by atoms with E-state index in [0.717, 1.165) is 0 Å². The van der Waals surface area contributed by atoms with Crippen LogP contribution in [0.3, 0.4) is 0 Å². The Bertz CT molecular complexity index is 491. The van der Waals surface area contributed by atoms with Crippen LogP contribution in [0.25, 0.3) is 0 Å². The highest BCUT2D eigenvalue weighted by molar-refractivity contribution is 7.85.